The summed E-state index contributed by atoms with van der Waals surface area (Å²) in [4.78, 5) is 26.1. The molecular weight excluding hydrogens is 310 g/mol. The highest BCUT2D eigenvalue weighted by Crippen LogP contribution is 2.37. The van der Waals surface area contributed by atoms with E-state index >= 15 is 0 Å². The number of aliphatic carboxylic acids is 1. The number of fused-ring (bicyclic) bond motifs is 2. The minimum Gasteiger partial charge on any atom is -0.480 e. The largest absolute Gasteiger partial charge is 0.480 e. The number of carboxylic acid groups (broad SMARTS) is 1. The molecule has 1 amide bonds. The third-order valence-electron chi connectivity index (χ3n) is 4.42. The van der Waals surface area contributed by atoms with Crippen LogP contribution in [0.5, 0.6) is 11.5 Å². The first-order chi connectivity index (χ1) is 11.6. The zero-order valence-corrected chi connectivity index (χ0v) is 12.8. The topological polar surface area (TPSA) is 76.1 Å². The minimum atomic E-state index is -1.01. The Morgan fingerprint density at radius 3 is 2.62 bits per heavy atom. The summed E-state index contributed by atoms with van der Waals surface area (Å²) in [6.45, 7) is 0.321. The maximum Gasteiger partial charge on any atom is 0.326 e. The number of amides is 1. The van der Waals surface area contributed by atoms with Gasteiger partial charge in [-0.15, -0.1) is 0 Å². The quantitative estimate of drug-likeness (QED) is 0.915. The number of carbonyl (C=O) groups is 2. The van der Waals surface area contributed by atoms with Crippen molar-refractivity contribution in [3.05, 3.63) is 59.2 Å². The number of carboxylic acids is 1. The Hall–Kier alpha value is -3.02. The van der Waals surface area contributed by atoms with E-state index in [-0.39, 0.29) is 19.2 Å². The van der Waals surface area contributed by atoms with Gasteiger partial charge in [0.2, 0.25) is 6.79 Å². The van der Waals surface area contributed by atoms with Gasteiger partial charge in [-0.3, -0.25) is 4.79 Å². The SMILES string of the molecule is O=C(O)[C@@H]1Cc2ccccc2CN1C(=O)c1cccc2c1OCO2. The molecule has 24 heavy (non-hydrogen) atoms. The van der Waals surface area contributed by atoms with Crippen molar-refractivity contribution in [2.75, 3.05) is 6.79 Å². The second kappa shape index (κ2) is 5.56. The van der Waals surface area contributed by atoms with Gasteiger partial charge < -0.3 is 19.5 Å². The average Bonchev–Trinajstić information content (AvgIpc) is 3.08. The number of para-hydroxylation sites is 1. The highest BCUT2D eigenvalue weighted by molar-refractivity contribution is 6.00. The van der Waals surface area contributed by atoms with Crippen molar-refractivity contribution in [1.29, 1.82) is 0 Å². The van der Waals surface area contributed by atoms with Crippen LogP contribution in [0, 0.1) is 0 Å². The maximum absolute atomic E-state index is 13.0. The zero-order valence-electron chi connectivity index (χ0n) is 12.8. The lowest BCUT2D eigenvalue weighted by Gasteiger charge is -2.34. The van der Waals surface area contributed by atoms with E-state index in [1.165, 1.54) is 4.90 Å². The molecular formula is C18H15NO5. The minimum absolute atomic E-state index is 0.0603. The van der Waals surface area contributed by atoms with Crippen LogP contribution in [0.15, 0.2) is 42.5 Å². The van der Waals surface area contributed by atoms with Crippen molar-refractivity contribution in [2.24, 2.45) is 0 Å². The Morgan fingerprint density at radius 2 is 1.83 bits per heavy atom. The molecule has 0 fully saturated rings. The highest BCUT2D eigenvalue weighted by atomic mass is 16.7. The lowest BCUT2D eigenvalue weighted by molar-refractivity contribution is -0.142. The van der Waals surface area contributed by atoms with Crippen LogP contribution in [-0.2, 0) is 17.8 Å². The summed E-state index contributed by atoms with van der Waals surface area (Å²) < 4.78 is 10.7. The van der Waals surface area contributed by atoms with Crippen molar-refractivity contribution in [3.63, 3.8) is 0 Å². The van der Waals surface area contributed by atoms with Crippen LogP contribution in [0.3, 0.4) is 0 Å². The van der Waals surface area contributed by atoms with Crippen LogP contribution in [0.25, 0.3) is 0 Å². The summed E-state index contributed by atoms with van der Waals surface area (Å²) in [6.07, 6.45) is 0.295. The highest BCUT2D eigenvalue weighted by Gasteiger charge is 2.36. The predicted molar refractivity (Wildman–Crippen MR) is 84.0 cm³/mol. The molecule has 0 bridgehead atoms. The molecule has 2 aliphatic rings. The lowest BCUT2D eigenvalue weighted by Crippen LogP contribution is -2.48. The molecule has 2 aromatic carbocycles. The number of hydrogen-bond donors (Lipinski definition) is 1. The zero-order chi connectivity index (χ0) is 16.7. The van der Waals surface area contributed by atoms with Crippen LogP contribution in [0.4, 0.5) is 0 Å². The van der Waals surface area contributed by atoms with Crippen LogP contribution < -0.4 is 9.47 Å². The maximum atomic E-state index is 13.0. The fraction of sp³-hybridized carbons (Fsp3) is 0.222. The Morgan fingerprint density at radius 1 is 1.04 bits per heavy atom. The number of rotatable bonds is 2. The third kappa shape index (κ3) is 2.27. The second-order valence-electron chi connectivity index (χ2n) is 5.80. The van der Waals surface area contributed by atoms with E-state index in [2.05, 4.69) is 0 Å². The first kappa shape index (κ1) is 14.6. The number of benzene rings is 2. The van der Waals surface area contributed by atoms with Crippen molar-refractivity contribution >= 4 is 11.9 Å². The molecule has 0 unspecified atom stereocenters. The van der Waals surface area contributed by atoms with E-state index in [1.54, 1.807) is 18.2 Å². The van der Waals surface area contributed by atoms with E-state index in [9.17, 15) is 14.7 Å². The molecule has 2 aromatic rings. The number of ether oxygens (including phenoxy) is 2. The van der Waals surface area contributed by atoms with Crippen LogP contribution in [0.2, 0.25) is 0 Å². The van der Waals surface area contributed by atoms with Gasteiger partial charge in [0.25, 0.3) is 5.91 Å². The van der Waals surface area contributed by atoms with Gasteiger partial charge >= 0.3 is 5.97 Å². The van der Waals surface area contributed by atoms with Gasteiger partial charge in [0.05, 0.1) is 5.56 Å². The number of hydrogen-bond acceptors (Lipinski definition) is 4. The molecule has 6 nitrogen and oxygen atoms in total. The van der Waals surface area contributed by atoms with Crippen molar-refractivity contribution in [3.8, 4) is 11.5 Å². The summed E-state index contributed by atoms with van der Waals surface area (Å²) in [5, 5.41) is 9.57. The molecule has 2 aliphatic heterocycles. The van der Waals surface area contributed by atoms with Gasteiger partial charge in [0, 0.05) is 13.0 Å². The summed E-state index contributed by atoms with van der Waals surface area (Å²) in [7, 11) is 0. The van der Waals surface area contributed by atoms with Gasteiger partial charge in [-0.2, -0.15) is 0 Å². The van der Waals surface area contributed by atoms with Crippen LogP contribution in [0.1, 0.15) is 21.5 Å². The summed E-state index contributed by atoms with van der Waals surface area (Å²) in [6, 6.07) is 11.8. The Kier molecular flexibility index (Phi) is 3.37. The van der Waals surface area contributed by atoms with Crippen LogP contribution in [-0.4, -0.2) is 34.7 Å². The van der Waals surface area contributed by atoms with Gasteiger partial charge in [-0.25, -0.2) is 4.79 Å². The molecule has 0 aliphatic carbocycles. The molecule has 0 spiro atoms. The first-order valence-corrected chi connectivity index (χ1v) is 7.64. The Balaban J connectivity index is 1.73. The van der Waals surface area contributed by atoms with E-state index in [1.807, 2.05) is 24.3 Å². The molecule has 122 valence electrons. The van der Waals surface area contributed by atoms with Gasteiger partial charge in [-0.05, 0) is 23.3 Å². The molecule has 0 saturated carbocycles. The molecule has 0 saturated heterocycles. The Bertz CT molecular complexity index is 832. The Labute approximate surface area is 138 Å². The molecule has 1 N–H and O–H groups in total. The predicted octanol–water partition coefficient (Wildman–Crippen LogP) is 2.07. The monoisotopic (exact) mass is 325 g/mol. The first-order valence-electron chi connectivity index (χ1n) is 7.64. The van der Waals surface area contributed by atoms with E-state index in [0.29, 0.717) is 23.5 Å². The molecule has 1 atom stereocenters. The fourth-order valence-electron chi connectivity index (χ4n) is 3.21. The van der Waals surface area contributed by atoms with Gasteiger partial charge in [-0.1, -0.05) is 30.3 Å². The summed E-state index contributed by atoms with van der Waals surface area (Å²) in [5.74, 6) is -0.488. The van der Waals surface area contributed by atoms with E-state index in [0.717, 1.165) is 11.1 Å². The van der Waals surface area contributed by atoms with Gasteiger partial charge in [0.1, 0.15) is 6.04 Å². The van der Waals surface area contributed by atoms with Crippen molar-refractivity contribution in [2.45, 2.75) is 19.0 Å². The molecule has 4 rings (SSSR count). The molecule has 2 heterocycles. The molecule has 0 aromatic heterocycles. The number of carbonyl (C=O) groups excluding carboxylic acids is 1. The summed E-state index contributed by atoms with van der Waals surface area (Å²) >= 11 is 0. The second-order valence-corrected chi connectivity index (χ2v) is 5.80. The molecule has 0 radical (unpaired) electrons. The lowest BCUT2D eigenvalue weighted by atomic mass is 9.93. The van der Waals surface area contributed by atoms with Gasteiger partial charge in [0.15, 0.2) is 11.5 Å². The average molecular weight is 325 g/mol. The summed E-state index contributed by atoms with van der Waals surface area (Å²) in [5.41, 5.74) is 2.26. The van der Waals surface area contributed by atoms with E-state index in [4.69, 9.17) is 9.47 Å². The smallest absolute Gasteiger partial charge is 0.326 e. The van der Waals surface area contributed by atoms with Crippen LogP contribution >= 0.6 is 0 Å². The third-order valence-corrected chi connectivity index (χ3v) is 4.42. The van der Waals surface area contributed by atoms with E-state index < -0.39 is 12.0 Å². The molecule has 6 heteroatoms. The normalized spacial score (nSPS) is 18.2. The fourth-order valence-corrected chi connectivity index (χ4v) is 3.21. The van der Waals surface area contributed by atoms with Crippen molar-refractivity contribution < 1.29 is 24.2 Å². The van der Waals surface area contributed by atoms with Crippen molar-refractivity contribution in [1.82, 2.24) is 4.90 Å². The standard InChI is InChI=1S/C18H15NO5/c20-17(13-6-3-7-15-16(13)24-10-23-15)19-9-12-5-2-1-4-11(12)8-14(19)18(21)22/h1-7,14H,8-10H2,(H,21,22)/t14-/m0/s1. The number of nitrogens with zero attached hydrogens (tertiary/aromatic N) is 1.